The van der Waals surface area contributed by atoms with Crippen LogP contribution in [0.4, 0.5) is 13.2 Å². The summed E-state index contributed by atoms with van der Waals surface area (Å²) in [7, 11) is 0. The van der Waals surface area contributed by atoms with Gasteiger partial charge in [-0.15, -0.1) is 0 Å². The molecule has 0 radical (unpaired) electrons. The van der Waals surface area contributed by atoms with Crippen molar-refractivity contribution >= 4 is 0 Å². The zero-order valence-electron chi connectivity index (χ0n) is 9.63. The Hall–Kier alpha value is -1.07. The molecule has 17 heavy (non-hydrogen) atoms. The Labute approximate surface area is 98.6 Å². The van der Waals surface area contributed by atoms with E-state index < -0.39 is 18.7 Å². The van der Waals surface area contributed by atoms with Crippen LogP contribution in [0.5, 0.6) is 0 Å². The van der Waals surface area contributed by atoms with E-state index in [0.717, 1.165) is 11.1 Å². The van der Waals surface area contributed by atoms with Crippen LogP contribution in [0.15, 0.2) is 24.3 Å². The van der Waals surface area contributed by atoms with Crippen LogP contribution in [0.1, 0.15) is 23.7 Å². The largest absolute Gasteiger partial charge is 0.391 e. The van der Waals surface area contributed by atoms with E-state index in [1.165, 1.54) is 0 Å². The minimum absolute atomic E-state index is 0.168. The second-order valence-electron chi connectivity index (χ2n) is 3.87. The Balaban J connectivity index is 2.54. The fourth-order valence-electron chi connectivity index (χ4n) is 1.49. The van der Waals surface area contributed by atoms with E-state index in [2.05, 4.69) is 0 Å². The standard InChI is InChI=1S/C12H16F3NO/c1-9-3-2-4-10(7-9)11(8-16)17-6-5-12(13,14)15/h2-4,7,11H,5-6,8,16H2,1H3. The Kier molecular flexibility index (Phi) is 4.96. The van der Waals surface area contributed by atoms with Crippen LogP contribution >= 0.6 is 0 Å². The molecule has 5 heteroatoms. The van der Waals surface area contributed by atoms with E-state index in [9.17, 15) is 13.2 Å². The molecule has 2 nitrogen and oxygen atoms in total. The smallest absolute Gasteiger partial charge is 0.372 e. The van der Waals surface area contributed by atoms with Gasteiger partial charge >= 0.3 is 6.18 Å². The molecule has 0 saturated heterocycles. The van der Waals surface area contributed by atoms with Crippen molar-refractivity contribution in [3.05, 3.63) is 35.4 Å². The van der Waals surface area contributed by atoms with Crippen LogP contribution in [0.3, 0.4) is 0 Å². The van der Waals surface area contributed by atoms with Gasteiger partial charge in [0.2, 0.25) is 0 Å². The Morgan fingerprint density at radius 2 is 2.06 bits per heavy atom. The Morgan fingerprint density at radius 1 is 1.35 bits per heavy atom. The number of ether oxygens (including phenoxy) is 1. The maximum absolute atomic E-state index is 12.0. The van der Waals surface area contributed by atoms with Gasteiger partial charge in [-0.2, -0.15) is 13.2 Å². The molecule has 0 aliphatic rings. The van der Waals surface area contributed by atoms with Gasteiger partial charge in [-0.3, -0.25) is 0 Å². The summed E-state index contributed by atoms with van der Waals surface area (Å²) < 4.78 is 41.1. The van der Waals surface area contributed by atoms with E-state index in [1.54, 1.807) is 6.07 Å². The predicted octanol–water partition coefficient (Wildman–Crippen LogP) is 2.96. The zero-order valence-corrected chi connectivity index (χ0v) is 9.63. The second-order valence-corrected chi connectivity index (χ2v) is 3.87. The van der Waals surface area contributed by atoms with E-state index in [1.807, 2.05) is 25.1 Å². The summed E-state index contributed by atoms with van der Waals surface area (Å²) in [5, 5.41) is 0. The van der Waals surface area contributed by atoms with Gasteiger partial charge in [0.1, 0.15) is 0 Å². The van der Waals surface area contributed by atoms with E-state index >= 15 is 0 Å². The molecule has 1 atom stereocenters. The third kappa shape index (κ3) is 5.19. The highest BCUT2D eigenvalue weighted by molar-refractivity contribution is 5.24. The fraction of sp³-hybridized carbons (Fsp3) is 0.500. The lowest BCUT2D eigenvalue weighted by molar-refractivity contribution is -0.149. The molecule has 0 aliphatic carbocycles. The van der Waals surface area contributed by atoms with E-state index in [-0.39, 0.29) is 13.2 Å². The highest BCUT2D eigenvalue weighted by Crippen LogP contribution is 2.22. The Bertz CT molecular complexity index is 352. The average molecular weight is 247 g/mol. The van der Waals surface area contributed by atoms with Crippen LogP contribution in [0.2, 0.25) is 0 Å². The molecule has 1 aromatic rings. The first-order valence-corrected chi connectivity index (χ1v) is 5.37. The first kappa shape index (κ1) is 14.0. The molecule has 96 valence electrons. The van der Waals surface area contributed by atoms with Gasteiger partial charge in [0.15, 0.2) is 0 Å². The normalized spacial score (nSPS) is 13.7. The summed E-state index contributed by atoms with van der Waals surface area (Å²) in [6.45, 7) is 1.72. The molecule has 0 amide bonds. The van der Waals surface area contributed by atoms with Crippen LogP contribution in [0.25, 0.3) is 0 Å². The van der Waals surface area contributed by atoms with Crippen molar-refractivity contribution in [3.8, 4) is 0 Å². The highest BCUT2D eigenvalue weighted by atomic mass is 19.4. The third-order valence-electron chi connectivity index (χ3n) is 2.33. The van der Waals surface area contributed by atoms with Crippen molar-refractivity contribution in [1.29, 1.82) is 0 Å². The molecule has 0 saturated carbocycles. The van der Waals surface area contributed by atoms with Gasteiger partial charge in [0.25, 0.3) is 0 Å². The van der Waals surface area contributed by atoms with Gasteiger partial charge in [-0.05, 0) is 12.5 Å². The third-order valence-corrected chi connectivity index (χ3v) is 2.33. The monoisotopic (exact) mass is 247 g/mol. The molecule has 0 aromatic heterocycles. The molecule has 1 unspecified atom stereocenters. The number of hydrogen-bond acceptors (Lipinski definition) is 2. The quantitative estimate of drug-likeness (QED) is 0.868. The van der Waals surface area contributed by atoms with Crippen molar-refractivity contribution in [2.24, 2.45) is 5.73 Å². The van der Waals surface area contributed by atoms with Crippen LogP contribution < -0.4 is 5.73 Å². The number of hydrogen-bond donors (Lipinski definition) is 1. The van der Waals surface area contributed by atoms with E-state index in [4.69, 9.17) is 10.5 Å². The van der Waals surface area contributed by atoms with Crippen LogP contribution in [-0.4, -0.2) is 19.3 Å². The Morgan fingerprint density at radius 3 is 2.59 bits per heavy atom. The zero-order chi connectivity index (χ0) is 12.9. The summed E-state index contributed by atoms with van der Waals surface area (Å²) >= 11 is 0. The molecule has 1 aromatic carbocycles. The molecule has 2 N–H and O–H groups in total. The predicted molar refractivity (Wildman–Crippen MR) is 59.6 cm³/mol. The lowest BCUT2D eigenvalue weighted by Crippen LogP contribution is -2.19. The number of aryl methyl sites for hydroxylation is 1. The summed E-state index contributed by atoms with van der Waals surface area (Å²) in [6, 6.07) is 7.41. The summed E-state index contributed by atoms with van der Waals surface area (Å²) in [4.78, 5) is 0. The van der Waals surface area contributed by atoms with Gasteiger partial charge in [0, 0.05) is 6.54 Å². The molecule has 0 spiro atoms. The number of halogens is 3. The molecular weight excluding hydrogens is 231 g/mol. The topological polar surface area (TPSA) is 35.2 Å². The van der Waals surface area contributed by atoms with Crippen molar-refractivity contribution in [1.82, 2.24) is 0 Å². The lowest BCUT2D eigenvalue weighted by Gasteiger charge is -2.17. The number of benzene rings is 1. The summed E-state index contributed by atoms with van der Waals surface area (Å²) in [6.07, 6.45) is -5.61. The number of alkyl halides is 3. The lowest BCUT2D eigenvalue weighted by atomic mass is 10.1. The molecule has 0 bridgehead atoms. The molecule has 0 aliphatic heterocycles. The van der Waals surface area contributed by atoms with Crippen LogP contribution in [-0.2, 0) is 4.74 Å². The first-order valence-electron chi connectivity index (χ1n) is 5.37. The number of rotatable bonds is 5. The van der Waals surface area contributed by atoms with Crippen molar-refractivity contribution < 1.29 is 17.9 Å². The number of nitrogens with two attached hydrogens (primary N) is 1. The van der Waals surface area contributed by atoms with Crippen LogP contribution in [0, 0.1) is 6.92 Å². The SMILES string of the molecule is Cc1cccc(C(CN)OCCC(F)(F)F)c1. The maximum atomic E-state index is 12.0. The van der Waals surface area contributed by atoms with Gasteiger partial charge < -0.3 is 10.5 Å². The van der Waals surface area contributed by atoms with Gasteiger partial charge in [0.05, 0.1) is 19.1 Å². The minimum atomic E-state index is -4.19. The van der Waals surface area contributed by atoms with Crippen molar-refractivity contribution in [2.75, 3.05) is 13.2 Å². The summed E-state index contributed by atoms with van der Waals surface area (Å²) in [5.41, 5.74) is 7.34. The molecular formula is C12H16F3NO. The van der Waals surface area contributed by atoms with Gasteiger partial charge in [-0.25, -0.2) is 0 Å². The molecule has 1 rings (SSSR count). The van der Waals surface area contributed by atoms with Crippen molar-refractivity contribution in [3.63, 3.8) is 0 Å². The van der Waals surface area contributed by atoms with Gasteiger partial charge in [-0.1, -0.05) is 29.8 Å². The highest BCUT2D eigenvalue weighted by Gasteiger charge is 2.27. The molecule has 0 heterocycles. The summed E-state index contributed by atoms with van der Waals surface area (Å²) in [5.74, 6) is 0. The molecule has 0 fully saturated rings. The minimum Gasteiger partial charge on any atom is -0.372 e. The fourth-order valence-corrected chi connectivity index (χ4v) is 1.49. The van der Waals surface area contributed by atoms with E-state index in [0.29, 0.717) is 0 Å². The average Bonchev–Trinajstić information content (AvgIpc) is 2.23. The maximum Gasteiger partial charge on any atom is 0.391 e. The second kappa shape index (κ2) is 6.02. The first-order chi connectivity index (χ1) is 7.92. The van der Waals surface area contributed by atoms with Crippen molar-refractivity contribution in [2.45, 2.75) is 25.6 Å².